The molecule has 31 heavy (non-hydrogen) atoms. The Kier molecular flexibility index (Phi) is 7.15. The zero-order valence-corrected chi connectivity index (χ0v) is 18.1. The minimum Gasteiger partial charge on any atom is -0.496 e. The summed E-state index contributed by atoms with van der Waals surface area (Å²) in [5.41, 5.74) is 2.05. The maximum Gasteiger partial charge on any atom is 0.343 e. The number of halogens is 1. The van der Waals surface area contributed by atoms with Crippen LogP contribution >= 0.6 is 11.6 Å². The largest absolute Gasteiger partial charge is 0.496 e. The Labute approximate surface area is 185 Å². The first-order valence-corrected chi connectivity index (χ1v) is 9.85. The van der Waals surface area contributed by atoms with Gasteiger partial charge in [-0.2, -0.15) is 0 Å². The molecule has 1 N–H and O–H groups in total. The number of nitrogens with one attached hydrogen (secondary N) is 1. The zero-order chi connectivity index (χ0) is 22.4. The Hall–Kier alpha value is -3.51. The van der Waals surface area contributed by atoms with Gasteiger partial charge >= 0.3 is 5.97 Å². The number of benzene rings is 3. The summed E-state index contributed by atoms with van der Waals surface area (Å²) in [5.74, 6) is -0.473. The van der Waals surface area contributed by atoms with Gasteiger partial charge < -0.3 is 19.5 Å². The van der Waals surface area contributed by atoms with Crippen LogP contribution < -0.4 is 14.8 Å². The SMILES string of the molecule is COc1ccc(C)cc1NC(=O)C(OC(=O)c1cc(Cl)ccc1OC)c1ccccc1. The summed E-state index contributed by atoms with van der Waals surface area (Å²) >= 11 is 6.03. The van der Waals surface area contributed by atoms with E-state index >= 15 is 0 Å². The van der Waals surface area contributed by atoms with Gasteiger partial charge in [-0.3, -0.25) is 4.79 Å². The predicted molar refractivity (Wildman–Crippen MR) is 119 cm³/mol. The molecule has 0 spiro atoms. The fourth-order valence-corrected chi connectivity index (χ4v) is 3.20. The quantitative estimate of drug-likeness (QED) is 0.512. The molecule has 0 heterocycles. The molecule has 0 fully saturated rings. The van der Waals surface area contributed by atoms with E-state index in [1.807, 2.05) is 19.1 Å². The molecule has 7 heteroatoms. The van der Waals surface area contributed by atoms with Crippen LogP contribution in [0.3, 0.4) is 0 Å². The van der Waals surface area contributed by atoms with E-state index in [0.717, 1.165) is 5.56 Å². The molecule has 0 aliphatic rings. The molecule has 6 nitrogen and oxygen atoms in total. The minimum absolute atomic E-state index is 0.122. The van der Waals surface area contributed by atoms with Crippen molar-refractivity contribution in [3.05, 3.63) is 88.4 Å². The summed E-state index contributed by atoms with van der Waals surface area (Å²) in [4.78, 5) is 26.1. The van der Waals surface area contributed by atoms with Gasteiger partial charge in [0.05, 0.1) is 19.9 Å². The van der Waals surface area contributed by atoms with E-state index in [0.29, 0.717) is 27.8 Å². The Morgan fingerprint density at radius 3 is 2.26 bits per heavy atom. The van der Waals surface area contributed by atoms with Crippen LogP contribution in [-0.4, -0.2) is 26.1 Å². The predicted octanol–water partition coefficient (Wildman–Crippen LogP) is 5.20. The first-order chi connectivity index (χ1) is 14.9. The van der Waals surface area contributed by atoms with Gasteiger partial charge in [0.1, 0.15) is 17.1 Å². The van der Waals surface area contributed by atoms with Crippen molar-refractivity contribution in [3.8, 4) is 11.5 Å². The van der Waals surface area contributed by atoms with Gasteiger partial charge in [-0.25, -0.2) is 4.79 Å². The second-order valence-electron chi connectivity index (χ2n) is 6.73. The van der Waals surface area contributed by atoms with Crippen LogP contribution in [0.4, 0.5) is 5.69 Å². The minimum atomic E-state index is -1.21. The Morgan fingerprint density at radius 2 is 1.58 bits per heavy atom. The van der Waals surface area contributed by atoms with Crippen LogP contribution in [0.5, 0.6) is 11.5 Å². The standard InChI is InChI=1S/C24H22ClNO5/c1-15-9-11-21(30-3)19(13-15)26-23(27)22(16-7-5-4-6-8-16)31-24(28)18-14-17(25)10-12-20(18)29-2/h4-14,22H,1-3H3,(H,26,27). The number of carbonyl (C=O) groups excluding carboxylic acids is 2. The first kappa shape index (κ1) is 22.2. The summed E-state index contributed by atoms with van der Waals surface area (Å²) in [5, 5.41) is 3.14. The van der Waals surface area contributed by atoms with Crippen molar-refractivity contribution in [1.82, 2.24) is 0 Å². The van der Waals surface area contributed by atoms with Crippen molar-refractivity contribution >= 4 is 29.2 Å². The maximum absolute atomic E-state index is 13.2. The number of carbonyl (C=O) groups is 2. The first-order valence-electron chi connectivity index (χ1n) is 9.48. The molecule has 3 aromatic rings. The smallest absolute Gasteiger partial charge is 0.343 e. The van der Waals surface area contributed by atoms with E-state index < -0.39 is 18.0 Å². The average molecular weight is 440 g/mol. The van der Waals surface area contributed by atoms with Crippen molar-refractivity contribution in [1.29, 1.82) is 0 Å². The van der Waals surface area contributed by atoms with Gasteiger partial charge in [0.2, 0.25) is 6.10 Å². The highest BCUT2D eigenvalue weighted by Gasteiger charge is 2.28. The molecule has 0 aliphatic heterocycles. The van der Waals surface area contributed by atoms with Crippen LogP contribution in [-0.2, 0) is 9.53 Å². The van der Waals surface area contributed by atoms with Gasteiger partial charge in [-0.05, 0) is 42.8 Å². The normalized spacial score (nSPS) is 11.4. The van der Waals surface area contributed by atoms with Crippen LogP contribution in [0, 0.1) is 6.92 Å². The van der Waals surface area contributed by atoms with Gasteiger partial charge in [0.25, 0.3) is 5.91 Å². The third kappa shape index (κ3) is 5.35. The van der Waals surface area contributed by atoms with E-state index in [2.05, 4.69) is 5.32 Å². The molecule has 0 radical (unpaired) electrons. The summed E-state index contributed by atoms with van der Waals surface area (Å²) < 4.78 is 16.2. The molecular weight excluding hydrogens is 418 g/mol. The molecule has 1 atom stereocenters. The van der Waals surface area contributed by atoms with E-state index in [1.54, 1.807) is 48.5 Å². The van der Waals surface area contributed by atoms with Crippen molar-refractivity contribution in [2.24, 2.45) is 0 Å². The third-order valence-electron chi connectivity index (χ3n) is 4.56. The molecule has 160 valence electrons. The number of amides is 1. The van der Waals surface area contributed by atoms with Gasteiger partial charge in [-0.1, -0.05) is 48.0 Å². The summed E-state index contributed by atoms with van der Waals surface area (Å²) in [6, 6.07) is 18.8. The lowest BCUT2D eigenvalue weighted by atomic mass is 10.1. The van der Waals surface area contributed by atoms with Crippen LogP contribution in [0.1, 0.15) is 27.6 Å². The highest BCUT2D eigenvalue weighted by molar-refractivity contribution is 6.31. The van der Waals surface area contributed by atoms with Crippen LogP contribution in [0.25, 0.3) is 0 Å². The highest BCUT2D eigenvalue weighted by atomic mass is 35.5. The van der Waals surface area contributed by atoms with Crippen molar-refractivity contribution < 1.29 is 23.8 Å². The van der Waals surface area contributed by atoms with E-state index in [9.17, 15) is 9.59 Å². The molecular formula is C24H22ClNO5. The number of ether oxygens (including phenoxy) is 3. The molecule has 0 saturated carbocycles. The summed E-state index contributed by atoms with van der Waals surface area (Å²) in [6.45, 7) is 1.90. The van der Waals surface area contributed by atoms with Crippen molar-refractivity contribution in [2.45, 2.75) is 13.0 Å². The summed E-state index contributed by atoms with van der Waals surface area (Å²) in [6.07, 6.45) is -1.21. The number of rotatable bonds is 7. The number of esters is 1. The summed E-state index contributed by atoms with van der Waals surface area (Å²) in [7, 11) is 2.95. The monoisotopic (exact) mass is 439 g/mol. The molecule has 0 bridgehead atoms. The number of anilines is 1. The Balaban J connectivity index is 1.93. The van der Waals surface area contributed by atoms with E-state index in [4.69, 9.17) is 25.8 Å². The highest BCUT2D eigenvalue weighted by Crippen LogP contribution is 2.30. The van der Waals surface area contributed by atoms with Gasteiger partial charge in [0.15, 0.2) is 0 Å². The van der Waals surface area contributed by atoms with Gasteiger partial charge in [-0.15, -0.1) is 0 Å². The lowest BCUT2D eigenvalue weighted by molar-refractivity contribution is -0.125. The molecule has 1 unspecified atom stereocenters. The van der Waals surface area contributed by atoms with Crippen molar-refractivity contribution in [2.75, 3.05) is 19.5 Å². The van der Waals surface area contributed by atoms with E-state index in [-0.39, 0.29) is 5.56 Å². The van der Waals surface area contributed by atoms with Gasteiger partial charge in [0, 0.05) is 10.6 Å². The Morgan fingerprint density at radius 1 is 0.903 bits per heavy atom. The van der Waals surface area contributed by atoms with E-state index in [1.165, 1.54) is 20.3 Å². The average Bonchev–Trinajstić information content (AvgIpc) is 2.78. The number of hydrogen-bond acceptors (Lipinski definition) is 5. The second-order valence-corrected chi connectivity index (χ2v) is 7.17. The molecule has 0 aromatic heterocycles. The fraction of sp³-hybridized carbons (Fsp3) is 0.167. The number of methoxy groups -OCH3 is 2. The molecule has 3 rings (SSSR count). The fourth-order valence-electron chi connectivity index (χ4n) is 3.03. The lowest BCUT2D eigenvalue weighted by Crippen LogP contribution is -2.26. The topological polar surface area (TPSA) is 73.9 Å². The molecule has 1 amide bonds. The second kappa shape index (κ2) is 10.00. The zero-order valence-electron chi connectivity index (χ0n) is 17.3. The Bertz CT molecular complexity index is 1080. The maximum atomic E-state index is 13.2. The third-order valence-corrected chi connectivity index (χ3v) is 4.79. The van der Waals surface area contributed by atoms with Crippen molar-refractivity contribution in [3.63, 3.8) is 0 Å². The molecule has 0 aliphatic carbocycles. The lowest BCUT2D eigenvalue weighted by Gasteiger charge is -2.20. The number of hydrogen-bond donors (Lipinski definition) is 1. The number of aryl methyl sites for hydroxylation is 1. The molecule has 0 saturated heterocycles. The van der Waals surface area contributed by atoms with Crippen LogP contribution in [0.15, 0.2) is 66.7 Å². The van der Waals surface area contributed by atoms with Crippen LogP contribution in [0.2, 0.25) is 5.02 Å². The molecule has 3 aromatic carbocycles.